The highest BCUT2D eigenvalue weighted by Crippen LogP contribution is 2.09. The molecule has 1 rings (SSSR count). The zero-order valence-electron chi connectivity index (χ0n) is 10.2. The second kappa shape index (κ2) is 7.68. The molecule has 0 aliphatic rings. The Labute approximate surface area is 102 Å². The van der Waals surface area contributed by atoms with Crippen LogP contribution in [0.2, 0.25) is 0 Å². The van der Waals surface area contributed by atoms with Gasteiger partial charge in [0, 0.05) is 24.4 Å². The summed E-state index contributed by atoms with van der Waals surface area (Å²) >= 11 is 0. The van der Waals surface area contributed by atoms with E-state index in [-0.39, 0.29) is 0 Å². The Morgan fingerprint density at radius 1 is 1.41 bits per heavy atom. The number of hydrogen-bond donors (Lipinski definition) is 2. The Balaban J connectivity index is 2.27. The Hall–Kier alpha value is -1.55. The third kappa shape index (κ3) is 5.36. The second-order valence-corrected chi connectivity index (χ2v) is 3.84. The number of rotatable bonds is 8. The molecular weight excluding hydrogens is 216 g/mol. The predicted octanol–water partition coefficient (Wildman–Crippen LogP) is 2.01. The molecule has 1 aromatic rings. The molecule has 0 atom stereocenters. The molecule has 0 saturated heterocycles. The van der Waals surface area contributed by atoms with Gasteiger partial charge in [-0.05, 0) is 24.6 Å². The SMILES string of the molecule is CCCCOCCNc1cccc(C(N)=O)c1. The highest BCUT2D eigenvalue weighted by molar-refractivity contribution is 5.93. The molecule has 0 fully saturated rings. The number of unbranched alkanes of at least 4 members (excludes halogenated alkanes) is 1. The van der Waals surface area contributed by atoms with Crippen molar-refractivity contribution >= 4 is 11.6 Å². The third-order valence-corrected chi connectivity index (χ3v) is 2.36. The average molecular weight is 236 g/mol. The lowest BCUT2D eigenvalue weighted by Gasteiger charge is -2.07. The summed E-state index contributed by atoms with van der Waals surface area (Å²) in [6, 6.07) is 7.15. The lowest BCUT2D eigenvalue weighted by atomic mass is 10.2. The molecule has 17 heavy (non-hydrogen) atoms. The molecule has 0 aromatic heterocycles. The first kappa shape index (κ1) is 13.5. The average Bonchev–Trinajstić information content (AvgIpc) is 2.34. The number of benzene rings is 1. The van der Waals surface area contributed by atoms with Crippen LogP contribution in [0.15, 0.2) is 24.3 Å². The van der Waals surface area contributed by atoms with Gasteiger partial charge < -0.3 is 15.8 Å². The van der Waals surface area contributed by atoms with E-state index in [2.05, 4.69) is 12.2 Å². The molecule has 0 aliphatic heterocycles. The monoisotopic (exact) mass is 236 g/mol. The fourth-order valence-corrected chi connectivity index (χ4v) is 1.40. The molecule has 0 heterocycles. The van der Waals surface area contributed by atoms with Crippen molar-refractivity contribution in [3.05, 3.63) is 29.8 Å². The highest BCUT2D eigenvalue weighted by Gasteiger charge is 2.00. The molecule has 0 spiro atoms. The molecule has 1 aromatic carbocycles. The minimum absolute atomic E-state index is 0.409. The predicted molar refractivity (Wildman–Crippen MR) is 69.2 cm³/mol. The summed E-state index contributed by atoms with van der Waals surface area (Å²) in [6.07, 6.45) is 2.24. The van der Waals surface area contributed by atoms with Gasteiger partial charge in [0.1, 0.15) is 0 Å². The summed E-state index contributed by atoms with van der Waals surface area (Å²) in [5.41, 5.74) is 6.61. The molecule has 4 heteroatoms. The summed E-state index contributed by atoms with van der Waals surface area (Å²) in [4.78, 5) is 11.0. The lowest BCUT2D eigenvalue weighted by molar-refractivity contribution is 0.100. The normalized spacial score (nSPS) is 10.2. The first-order chi connectivity index (χ1) is 8.24. The van der Waals surface area contributed by atoms with Gasteiger partial charge in [-0.15, -0.1) is 0 Å². The fourth-order valence-electron chi connectivity index (χ4n) is 1.40. The number of anilines is 1. The summed E-state index contributed by atoms with van der Waals surface area (Å²) in [6.45, 7) is 4.34. The Morgan fingerprint density at radius 2 is 2.24 bits per heavy atom. The van der Waals surface area contributed by atoms with Gasteiger partial charge in [-0.3, -0.25) is 4.79 Å². The van der Waals surface area contributed by atoms with Crippen molar-refractivity contribution in [1.82, 2.24) is 0 Å². The third-order valence-electron chi connectivity index (χ3n) is 2.36. The van der Waals surface area contributed by atoms with Crippen LogP contribution in [0.1, 0.15) is 30.1 Å². The number of amides is 1. The van der Waals surface area contributed by atoms with Crippen molar-refractivity contribution in [2.45, 2.75) is 19.8 Å². The van der Waals surface area contributed by atoms with Crippen LogP contribution in [0.3, 0.4) is 0 Å². The molecule has 0 aliphatic carbocycles. The van der Waals surface area contributed by atoms with E-state index in [0.29, 0.717) is 12.2 Å². The molecule has 0 saturated carbocycles. The van der Waals surface area contributed by atoms with E-state index in [1.807, 2.05) is 6.07 Å². The fraction of sp³-hybridized carbons (Fsp3) is 0.462. The number of primary amides is 1. The maximum Gasteiger partial charge on any atom is 0.248 e. The number of hydrogen-bond acceptors (Lipinski definition) is 3. The van der Waals surface area contributed by atoms with Crippen LogP contribution in [-0.2, 0) is 4.74 Å². The van der Waals surface area contributed by atoms with Crippen LogP contribution >= 0.6 is 0 Å². The molecule has 1 amide bonds. The van der Waals surface area contributed by atoms with Gasteiger partial charge in [0.2, 0.25) is 5.91 Å². The van der Waals surface area contributed by atoms with E-state index in [9.17, 15) is 4.79 Å². The number of nitrogens with one attached hydrogen (secondary N) is 1. The Bertz CT molecular complexity index is 353. The van der Waals surface area contributed by atoms with Crippen molar-refractivity contribution in [2.75, 3.05) is 25.1 Å². The largest absolute Gasteiger partial charge is 0.383 e. The minimum atomic E-state index is -0.409. The topological polar surface area (TPSA) is 64.3 Å². The lowest BCUT2D eigenvalue weighted by Crippen LogP contribution is -2.13. The molecule has 4 nitrogen and oxygen atoms in total. The first-order valence-electron chi connectivity index (χ1n) is 5.95. The molecule has 0 radical (unpaired) electrons. The van der Waals surface area contributed by atoms with Crippen molar-refractivity contribution in [1.29, 1.82) is 0 Å². The highest BCUT2D eigenvalue weighted by atomic mass is 16.5. The number of carbonyl (C=O) groups is 1. The zero-order valence-corrected chi connectivity index (χ0v) is 10.2. The van der Waals surface area contributed by atoms with Crippen LogP contribution < -0.4 is 11.1 Å². The molecule has 0 unspecified atom stereocenters. The maximum absolute atomic E-state index is 11.0. The van der Waals surface area contributed by atoms with Crippen LogP contribution in [0.5, 0.6) is 0 Å². The molecule has 94 valence electrons. The van der Waals surface area contributed by atoms with Crippen molar-refractivity contribution in [3.8, 4) is 0 Å². The molecule has 3 N–H and O–H groups in total. The van der Waals surface area contributed by atoms with Crippen molar-refractivity contribution in [2.24, 2.45) is 5.73 Å². The van der Waals surface area contributed by atoms with Gasteiger partial charge in [-0.1, -0.05) is 19.4 Å². The van der Waals surface area contributed by atoms with Crippen molar-refractivity contribution in [3.63, 3.8) is 0 Å². The second-order valence-electron chi connectivity index (χ2n) is 3.84. The summed E-state index contributed by atoms with van der Waals surface area (Å²) in [5.74, 6) is -0.409. The van der Waals surface area contributed by atoms with E-state index in [0.717, 1.165) is 31.7 Å². The van der Waals surface area contributed by atoms with Crippen LogP contribution in [0.4, 0.5) is 5.69 Å². The first-order valence-corrected chi connectivity index (χ1v) is 5.95. The van der Waals surface area contributed by atoms with E-state index in [4.69, 9.17) is 10.5 Å². The summed E-state index contributed by atoms with van der Waals surface area (Å²) in [5, 5.41) is 3.18. The standard InChI is InChI=1S/C13H20N2O2/c1-2-3-8-17-9-7-15-12-6-4-5-11(10-12)13(14)16/h4-6,10,15H,2-3,7-9H2,1H3,(H2,14,16). The quantitative estimate of drug-likeness (QED) is 0.679. The van der Waals surface area contributed by atoms with Gasteiger partial charge >= 0.3 is 0 Å². The van der Waals surface area contributed by atoms with E-state index in [1.54, 1.807) is 18.2 Å². The number of nitrogens with two attached hydrogens (primary N) is 1. The molecule has 0 bridgehead atoms. The number of carbonyl (C=O) groups excluding carboxylic acids is 1. The maximum atomic E-state index is 11.0. The van der Waals surface area contributed by atoms with Gasteiger partial charge in [0.15, 0.2) is 0 Å². The van der Waals surface area contributed by atoms with Gasteiger partial charge in [-0.2, -0.15) is 0 Å². The van der Waals surface area contributed by atoms with Gasteiger partial charge in [-0.25, -0.2) is 0 Å². The van der Waals surface area contributed by atoms with Gasteiger partial charge in [0.05, 0.1) is 6.61 Å². The Morgan fingerprint density at radius 3 is 2.94 bits per heavy atom. The zero-order chi connectivity index (χ0) is 12.5. The van der Waals surface area contributed by atoms with E-state index < -0.39 is 5.91 Å². The van der Waals surface area contributed by atoms with E-state index in [1.165, 1.54) is 0 Å². The van der Waals surface area contributed by atoms with Crippen molar-refractivity contribution < 1.29 is 9.53 Å². The number of ether oxygens (including phenoxy) is 1. The minimum Gasteiger partial charge on any atom is -0.383 e. The van der Waals surface area contributed by atoms with Crippen LogP contribution in [0.25, 0.3) is 0 Å². The van der Waals surface area contributed by atoms with Crippen LogP contribution in [-0.4, -0.2) is 25.7 Å². The smallest absolute Gasteiger partial charge is 0.248 e. The van der Waals surface area contributed by atoms with Gasteiger partial charge in [0.25, 0.3) is 0 Å². The van der Waals surface area contributed by atoms with Crippen LogP contribution in [0, 0.1) is 0 Å². The molecular formula is C13H20N2O2. The summed E-state index contributed by atoms with van der Waals surface area (Å²) < 4.78 is 5.42. The summed E-state index contributed by atoms with van der Waals surface area (Å²) in [7, 11) is 0. The van der Waals surface area contributed by atoms with E-state index >= 15 is 0 Å². The Kier molecular flexibility index (Phi) is 6.10.